The number of anilines is 2. The van der Waals surface area contributed by atoms with E-state index in [4.69, 9.17) is 23.2 Å². The quantitative estimate of drug-likeness (QED) is 0.656. The summed E-state index contributed by atoms with van der Waals surface area (Å²) in [6, 6.07) is 10.2. The smallest absolute Gasteiger partial charge is 0.261 e. The normalized spacial score (nSPS) is 12.5. The maximum Gasteiger partial charge on any atom is 0.261 e. The lowest BCUT2D eigenvalue weighted by Gasteiger charge is -2.10. The van der Waals surface area contributed by atoms with E-state index in [-0.39, 0.29) is 21.3 Å². The van der Waals surface area contributed by atoms with Crippen LogP contribution in [0.15, 0.2) is 47.4 Å². The number of amides is 1. The molecule has 24 heavy (non-hydrogen) atoms. The van der Waals surface area contributed by atoms with Crippen molar-refractivity contribution in [2.24, 2.45) is 0 Å². The van der Waals surface area contributed by atoms with E-state index in [2.05, 4.69) is 26.0 Å². The Hall–Kier alpha value is -1.28. The standard InChI is InChI=1S/C15H13BrCl2N2O3S/c1-9(16)15(21)19-12-2-4-14(5-3-12)24(22,23)20-13-7-10(17)6-11(18)8-13/h2-9,20H,1H3,(H,19,21)/t9-/m0/s1. The molecule has 5 nitrogen and oxygen atoms in total. The molecule has 0 radical (unpaired) electrons. The van der Waals surface area contributed by atoms with Crippen molar-refractivity contribution in [2.75, 3.05) is 10.0 Å². The number of carbonyl (C=O) groups excluding carboxylic acids is 1. The molecule has 0 aliphatic rings. The van der Waals surface area contributed by atoms with Crippen molar-refractivity contribution in [3.05, 3.63) is 52.5 Å². The van der Waals surface area contributed by atoms with Gasteiger partial charge in [-0.1, -0.05) is 39.1 Å². The summed E-state index contributed by atoms with van der Waals surface area (Å²) in [6.45, 7) is 1.69. The average Bonchev–Trinajstić information content (AvgIpc) is 2.46. The molecule has 0 bridgehead atoms. The van der Waals surface area contributed by atoms with Gasteiger partial charge < -0.3 is 5.32 Å². The maximum atomic E-state index is 12.4. The largest absolute Gasteiger partial charge is 0.325 e. The van der Waals surface area contributed by atoms with Gasteiger partial charge in [-0.25, -0.2) is 8.42 Å². The molecule has 0 spiro atoms. The Morgan fingerprint density at radius 1 is 1.04 bits per heavy atom. The van der Waals surface area contributed by atoms with Crippen LogP contribution >= 0.6 is 39.1 Å². The van der Waals surface area contributed by atoms with Crippen LogP contribution in [0.1, 0.15) is 6.92 Å². The third-order valence-electron chi connectivity index (χ3n) is 2.91. The number of carbonyl (C=O) groups is 1. The van der Waals surface area contributed by atoms with E-state index in [9.17, 15) is 13.2 Å². The molecule has 0 aliphatic carbocycles. The third-order valence-corrected chi connectivity index (χ3v) is 5.16. The topological polar surface area (TPSA) is 75.3 Å². The van der Waals surface area contributed by atoms with Gasteiger partial charge in [-0.05, 0) is 49.4 Å². The van der Waals surface area contributed by atoms with Crippen LogP contribution in [0.3, 0.4) is 0 Å². The Morgan fingerprint density at radius 2 is 1.58 bits per heavy atom. The van der Waals surface area contributed by atoms with E-state index in [1.807, 2.05) is 0 Å². The minimum atomic E-state index is -3.80. The van der Waals surface area contributed by atoms with Crippen molar-refractivity contribution in [3.63, 3.8) is 0 Å². The molecule has 0 saturated heterocycles. The Kier molecular flexibility index (Phi) is 6.14. The summed E-state index contributed by atoms with van der Waals surface area (Å²) in [7, 11) is -3.80. The number of hydrogen-bond donors (Lipinski definition) is 2. The molecule has 2 aromatic rings. The van der Waals surface area contributed by atoms with Crippen molar-refractivity contribution >= 4 is 66.4 Å². The second-order valence-corrected chi connectivity index (χ2v) is 8.82. The Balaban J connectivity index is 2.19. The molecule has 0 unspecified atom stereocenters. The zero-order valence-electron chi connectivity index (χ0n) is 12.4. The van der Waals surface area contributed by atoms with E-state index in [0.717, 1.165) is 0 Å². The second kappa shape index (κ2) is 7.74. The van der Waals surface area contributed by atoms with E-state index in [0.29, 0.717) is 15.7 Å². The fourth-order valence-corrected chi connectivity index (χ4v) is 3.47. The molecule has 1 atom stereocenters. The highest BCUT2D eigenvalue weighted by Gasteiger charge is 2.15. The number of alkyl halides is 1. The van der Waals surface area contributed by atoms with Crippen molar-refractivity contribution < 1.29 is 13.2 Å². The van der Waals surface area contributed by atoms with Gasteiger partial charge in [-0.3, -0.25) is 9.52 Å². The van der Waals surface area contributed by atoms with Gasteiger partial charge >= 0.3 is 0 Å². The van der Waals surface area contributed by atoms with Crippen LogP contribution in [0, 0.1) is 0 Å². The highest BCUT2D eigenvalue weighted by atomic mass is 79.9. The third kappa shape index (κ3) is 5.11. The highest BCUT2D eigenvalue weighted by molar-refractivity contribution is 9.10. The Morgan fingerprint density at radius 3 is 2.08 bits per heavy atom. The second-order valence-electron chi connectivity index (χ2n) is 4.89. The monoisotopic (exact) mass is 450 g/mol. The van der Waals surface area contributed by atoms with Crippen LogP contribution in [0.2, 0.25) is 10.0 Å². The molecule has 2 N–H and O–H groups in total. The molecule has 2 rings (SSSR count). The number of nitrogens with one attached hydrogen (secondary N) is 2. The Labute approximate surface area is 158 Å². The molecule has 0 aromatic heterocycles. The van der Waals surface area contributed by atoms with Crippen LogP contribution < -0.4 is 10.0 Å². The predicted molar refractivity (Wildman–Crippen MR) is 101 cm³/mol. The molecule has 9 heteroatoms. The first-order valence-electron chi connectivity index (χ1n) is 6.71. The van der Waals surface area contributed by atoms with Gasteiger partial charge in [0.25, 0.3) is 10.0 Å². The minimum absolute atomic E-state index is 0.0449. The lowest BCUT2D eigenvalue weighted by Crippen LogP contribution is -2.20. The molecule has 1 amide bonds. The van der Waals surface area contributed by atoms with Crippen LogP contribution in [0.25, 0.3) is 0 Å². The summed E-state index contributed by atoms with van der Waals surface area (Å²) in [5, 5.41) is 3.29. The van der Waals surface area contributed by atoms with E-state index >= 15 is 0 Å². The molecule has 0 aliphatic heterocycles. The van der Waals surface area contributed by atoms with Gasteiger partial charge in [0, 0.05) is 15.7 Å². The lowest BCUT2D eigenvalue weighted by atomic mass is 10.3. The van der Waals surface area contributed by atoms with Crippen molar-refractivity contribution in [1.82, 2.24) is 0 Å². The summed E-state index contributed by atoms with van der Waals surface area (Å²) in [6.07, 6.45) is 0. The summed E-state index contributed by atoms with van der Waals surface area (Å²) >= 11 is 14.9. The SMILES string of the molecule is C[C@H](Br)C(=O)Nc1ccc(S(=O)(=O)Nc2cc(Cl)cc(Cl)c2)cc1. The zero-order chi connectivity index (χ0) is 17.9. The fourth-order valence-electron chi connectivity index (χ4n) is 1.79. The maximum absolute atomic E-state index is 12.4. The van der Waals surface area contributed by atoms with Crippen LogP contribution in [-0.4, -0.2) is 19.2 Å². The van der Waals surface area contributed by atoms with E-state index in [1.54, 1.807) is 6.92 Å². The molecule has 0 heterocycles. The van der Waals surface area contributed by atoms with Gasteiger partial charge in [0.15, 0.2) is 0 Å². The predicted octanol–water partition coefficient (Wildman–Crippen LogP) is 4.52. The Bertz CT molecular complexity index is 835. The first kappa shape index (κ1) is 19.1. The number of rotatable bonds is 5. The summed E-state index contributed by atoms with van der Waals surface area (Å²) < 4.78 is 27.2. The summed E-state index contributed by atoms with van der Waals surface area (Å²) in [5.41, 5.74) is 0.758. The van der Waals surface area contributed by atoms with Crippen molar-refractivity contribution in [3.8, 4) is 0 Å². The first-order valence-corrected chi connectivity index (χ1v) is 9.87. The summed E-state index contributed by atoms with van der Waals surface area (Å²) in [4.78, 5) is 11.3. The van der Waals surface area contributed by atoms with Crippen molar-refractivity contribution in [2.45, 2.75) is 16.6 Å². The van der Waals surface area contributed by atoms with Gasteiger partial charge in [-0.2, -0.15) is 0 Å². The van der Waals surface area contributed by atoms with E-state index in [1.165, 1.54) is 42.5 Å². The number of halogens is 3. The highest BCUT2D eigenvalue weighted by Crippen LogP contribution is 2.25. The van der Waals surface area contributed by atoms with Crippen LogP contribution in [0.5, 0.6) is 0 Å². The summed E-state index contributed by atoms with van der Waals surface area (Å²) in [5.74, 6) is -0.225. The van der Waals surface area contributed by atoms with Gasteiger partial charge in [-0.15, -0.1) is 0 Å². The van der Waals surface area contributed by atoms with Crippen LogP contribution in [0.4, 0.5) is 11.4 Å². The minimum Gasteiger partial charge on any atom is -0.325 e. The molecular weight excluding hydrogens is 439 g/mol. The van der Waals surface area contributed by atoms with Crippen molar-refractivity contribution in [1.29, 1.82) is 0 Å². The van der Waals surface area contributed by atoms with Gasteiger partial charge in [0.2, 0.25) is 5.91 Å². The number of hydrogen-bond acceptors (Lipinski definition) is 3. The number of benzene rings is 2. The van der Waals surface area contributed by atoms with Gasteiger partial charge in [0.1, 0.15) is 0 Å². The average molecular weight is 452 g/mol. The molecule has 128 valence electrons. The lowest BCUT2D eigenvalue weighted by molar-refractivity contribution is -0.115. The first-order chi connectivity index (χ1) is 11.2. The number of sulfonamides is 1. The molecule has 2 aromatic carbocycles. The molecule has 0 saturated carbocycles. The fraction of sp³-hybridized carbons (Fsp3) is 0.133. The molecular formula is C15H13BrCl2N2O3S. The van der Waals surface area contributed by atoms with Crippen LogP contribution in [-0.2, 0) is 14.8 Å². The zero-order valence-corrected chi connectivity index (χ0v) is 16.3. The van der Waals surface area contributed by atoms with E-state index < -0.39 is 10.0 Å². The molecule has 0 fully saturated rings. The van der Waals surface area contributed by atoms with Gasteiger partial charge in [0.05, 0.1) is 15.4 Å².